The first kappa shape index (κ1) is 8.51. The standard InChI is InChI=1S/C10H12N2S/c1-3-12-9-7-5-4-6-8(9)11(2)10(12)13/h4-7H,3H2,1-2H3. The highest BCUT2D eigenvalue weighted by Gasteiger charge is 2.04. The van der Waals surface area contributed by atoms with Crippen molar-refractivity contribution in [2.75, 3.05) is 0 Å². The molecular weight excluding hydrogens is 180 g/mol. The number of aryl methyl sites for hydroxylation is 2. The Bertz CT molecular complexity index is 493. The summed E-state index contributed by atoms with van der Waals surface area (Å²) in [6.07, 6.45) is 0. The third kappa shape index (κ3) is 1.11. The topological polar surface area (TPSA) is 9.86 Å². The molecule has 3 heteroatoms. The minimum Gasteiger partial charge on any atom is -0.320 e. The van der Waals surface area contributed by atoms with Gasteiger partial charge in [0.1, 0.15) is 0 Å². The molecule has 1 aromatic carbocycles. The third-order valence-corrected chi connectivity index (χ3v) is 2.86. The quantitative estimate of drug-likeness (QED) is 0.632. The first-order chi connectivity index (χ1) is 6.25. The molecule has 0 saturated heterocycles. The summed E-state index contributed by atoms with van der Waals surface area (Å²) in [5, 5.41) is 0. The van der Waals surface area contributed by atoms with Gasteiger partial charge in [0.25, 0.3) is 0 Å². The van der Waals surface area contributed by atoms with Gasteiger partial charge in [0, 0.05) is 13.6 Å². The molecule has 0 aliphatic heterocycles. The van der Waals surface area contributed by atoms with Crippen LogP contribution in [0.4, 0.5) is 0 Å². The van der Waals surface area contributed by atoms with Gasteiger partial charge in [-0.3, -0.25) is 0 Å². The highest BCUT2D eigenvalue weighted by atomic mass is 32.1. The van der Waals surface area contributed by atoms with Crippen molar-refractivity contribution in [3.05, 3.63) is 29.0 Å². The second-order valence-corrected chi connectivity index (χ2v) is 3.44. The molecule has 68 valence electrons. The molecule has 2 aromatic rings. The van der Waals surface area contributed by atoms with E-state index in [0.717, 1.165) is 11.3 Å². The number of benzene rings is 1. The smallest absolute Gasteiger partial charge is 0.180 e. The fraction of sp³-hybridized carbons (Fsp3) is 0.300. The zero-order chi connectivity index (χ0) is 9.42. The summed E-state index contributed by atoms with van der Waals surface area (Å²) in [6.45, 7) is 3.04. The van der Waals surface area contributed by atoms with Crippen LogP contribution in [0.2, 0.25) is 0 Å². The van der Waals surface area contributed by atoms with Gasteiger partial charge in [-0.2, -0.15) is 0 Å². The second kappa shape index (κ2) is 3.00. The molecule has 0 radical (unpaired) electrons. The van der Waals surface area contributed by atoms with E-state index in [1.165, 1.54) is 11.0 Å². The molecule has 0 aliphatic rings. The van der Waals surface area contributed by atoms with E-state index in [-0.39, 0.29) is 0 Å². The number of imidazole rings is 1. The zero-order valence-corrected chi connectivity index (χ0v) is 8.64. The van der Waals surface area contributed by atoms with Crippen LogP contribution in [0.3, 0.4) is 0 Å². The number of hydrogen-bond acceptors (Lipinski definition) is 1. The van der Waals surface area contributed by atoms with Crippen molar-refractivity contribution in [3.63, 3.8) is 0 Å². The van der Waals surface area contributed by atoms with E-state index in [0.29, 0.717) is 0 Å². The maximum absolute atomic E-state index is 5.32. The normalized spacial score (nSPS) is 10.9. The summed E-state index contributed by atoms with van der Waals surface area (Å²) in [6, 6.07) is 8.28. The first-order valence-corrected chi connectivity index (χ1v) is 4.80. The van der Waals surface area contributed by atoms with Gasteiger partial charge < -0.3 is 9.13 Å². The van der Waals surface area contributed by atoms with Crippen LogP contribution in [-0.2, 0) is 13.6 Å². The van der Waals surface area contributed by atoms with Crippen molar-refractivity contribution in [1.82, 2.24) is 9.13 Å². The van der Waals surface area contributed by atoms with Gasteiger partial charge in [-0.1, -0.05) is 12.1 Å². The average Bonchev–Trinajstić information content (AvgIpc) is 2.41. The van der Waals surface area contributed by atoms with Crippen LogP contribution in [-0.4, -0.2) is 9.13 Å². The van der Waals surface area contributed by atoms with Crippen molar-refractivity contribution in [3.8, 4) is 0 Å². The Morgan fingerprint density at radius 1 is 1.23 bits per heavy atom. The van der Waals surface area contributed by atoms with Gasteiger partial charge in [-0.05, 0) is 31.3 Å². The van der Waals surface area contributed by atoms with E-state index in [4.69, 9.17) is 12.2 Å². The monoisotopic (exact) mass is 192 g/mol. The molecule has 0 saturated carbocycles. The van der Waals surface area contributed by atoms with Crippen molar-refractivity contribution in [2.24, 2.45) is 7.05 Å². The molecule has 0 atom stereocenters. The molecule has 1 heterocycles. The van der Waals surface area contributed by atoms with E-state index in [9.17, 15) is 0 Å². The van der Waals surface area contributed by atoms with E-state index < -0.39 is 0 Å². The van der Waals surface area contributed by atoms with Crippen LogP contribution in [0.1, 0.15) is 6.92 Å². The maximum Gasteiger partial charge on any atom is 0.180 e. The van der Waals surface area contributed by atoms with Gasteiger partial charge in [-0.15, -0.1) is 0 Å². The molecule has 13 heavy (non-hydrogen) atoms. The van der Waals surface area contributed by atoms with Gasteiger partial charge in [0.2, 0.25) is 0 Å². The summed E-state index contributed by atoms with van der Waals surface area (Å²) in [5.41, 5.74) is 2.42. The maximum atomic E-state index is 5.32. The van der Waals surface area contributed by atoms with Crippen molar-refractivity contribution >= 4 is 23.3 Å². The lowest BCUT2D eigenvalue weighted by Gasteiger charge is -1.96. The summed E-state index contributed by atoms with van der Waals surface area (Å²) in [4.78, 5) is 0. The number of rotatable bonds is 1. The first-order valence-electron chi connectivity index (χ1n) is 4.40. The lowest BCUT2D eigenvalue weighted by Crippen LogP contribution is -1.94. The van der Waals surface area contributed by atoms with Crippen LogP contribution in [0.5, 0.6) is 0 Å². The Labute approximate surface area is 82.4 Å². The highest BCUT2D eigenvalue weighted by molar-refractivity contribution is 7.71. The third-order valence-electron chi connectivity index (χ3n) is 2.37. The largest absolute Gasteiger partial charge is 0.320 e. The minimum atomic E-state index is 0.892. The van der Waals surface area contributed by atoms with E-state index in [1.807, 2.05) is 23.7 Å². The van der Waals surface area contributed by atoms with Crippen molar-refractivity contribution < 1.29 is 0 Å². The fourth-order valence-corrected chi connectivity index (χ4v) is 1.99. The van der Waals surface area contributed by atoms with Gasteiger partial charge in [0.15, 0.2) is 4.77 Å². The Morgan fingerprint density at radius 2 is 1.85 bits per heavy atom. The van der Waals surface area contributed by atoms with Crippen LogP contribution in [0, 0.1) is 4.77 Å². The predicted octanol–water partition coefficient (Wildman–Crippen LogP) is 2.73. The number of nitrogens with zero attached hydrogens (tertiary/aromatic N) is 2. The molecule has 0 aliphatic carbocycles. The Balaban J connectivity index is 2.98. The molecule has 0 spiro atoms. The number of aromatic nitrogens is 2. The van der Waals surface area contributed by atoms with Crippen LogP contribution < -0.4 is 0 Å². The van der Waals surface area contributed by atoms with Crippen molar-refractivity contribution in [2.45, 2.75) is 13.5 Å². The summed E-state index contributed by atoms with van der Waals surface area (Å²) in [5.74, 6) is 0. The van der Waals surface area contributed by atoms with Gasteiger partial charge in [0.05, 0.1) is 11.0 Å². The molecule has 1 aromatic heterocycles. The average molecular weight is 192 g/mol. The lowest BCUT2D eigenvalue weighted by atomic mass is 10.3. The fourth-order valence-electron chi connectivity index (χ4n) is 1.67. The highest BCUT2D eigenvalue weighted by Crippen LogP contribution is 2.15. The lowest BCUT2D eigenvalue weighted by molar-refractivity contribution is 0.740. The summed E-state index contributed by atoms with van der Waals surface area (Å²) < 4.78 is 5.09. The SMILES string of the molecule is CCn1c(=S)n(C)c2ccccc21. The van der Waals surface area contributed by atoms with E-state index in [2.05, 4.69) is 23.6 Å². The van der Waals surface area contributed by atoms with Crippen LogP contribution in [0.15, 0.2) is 24.3 Å². The Hall–Kier alpha value is -1.09. The Kier molecular flexibility index (Phi) is 1.96. The van der Waals surface area contributed by atoms with Gasteiger partial charge in [-0.25, -0.2) is 0 Å². The predicted molar refractivity (Wildman–Crippen MR) is 57.4 cm³/mol. The van der Waals surface area contributed by atoms with E-state index >= 15 is 0 Å². The molecule has 2 nitrogen and oxygen atoms in total. The molecular formula is C10H12N2S. The number of hydrogen-bond donors (Lipinski definition) is 0. The van der Waals surface area contributed by atoms with E-state index in [1.54, 1.807) is 0 Å². The minimum absolute atomic E-state index is 0.892. The molecule has 0 bridgehead atoms. The number of fused-ring (bicyclic) bond motifs is 1. The van der Waals surface area contributed by atoms with Gasteiger partial charge >= 0.3 is 0 Å². The molecule has 0 unspecified atom stereocenters. The summed E-state index contributed by atoms with van der Waals surface area (Å²) >= 11 is 5.32. The summed E-state index contributed by atoms with van der Waals surface area (Å²) in [7, 11) is 2.01. The van der Waals surface area contributed by atoms with Crippen molar-refractivity contribution in [1.29, 1.82) is 0 Å². The second-order valence-electron chi connectivity index (χ2n) is 3.07. The molecule has 0 fully saturated rings. The number of para-hydroxylation sites is 2. The molecule has 2 rings (SSSR count). The molecule has 0 N–H and O–H groups in total. The molecule has 0 amide bonds. The van der Waals surface area contributed by atoms with Crippen LogP contribution >= 0.6 is 12.2 Å². The zero-order valence-electron chi connectivity index (χ0n) is 7.82. The van der Waals surface area contributed by atoms with Crippen LogP contribution in [0.25, 0.3) is 11.0 Å². The Morgan fingerprint density at radius 3 is 2.46 bits per heavy atom.